The molecular weight excluding hydrogens is 636 g/mol. The molecule has 0 saturated carbocycles. The van der Waals surface area contributed by atoms with Crippen molar-refractivity contribution >= 4 is 28.8 Å². The van der Waals surface area contributed by atoms with Crippen LogP contribution in [0, 0.1) is 0 Å². The summed E-state index contributed by atoms with van der Waals surface area (Å²) in [6, 6.07) is 23.3. The molecule has 1 aliphatic rings. The molecule has 4 aromatic carbocycles. The summed E-state index contributed by atoms with van der Waals surface area (Å²) in [5.41, 5.74) is -1.03. The Hall–Kier alpha value is -6.21. The number of aromatic amines is 1. The molecule has 2 heterocycles. The number of benzene rings is 4. The van der Waals surface area contributed by atoms with Crippen LogP contribution in [0.15, 0.2) is 101 Å². The number of carbonyl (C=O) groups excluding carboxylic acids is 1. The van der Waals surface area contributed by atoms with E-state index in [1.54, 1.807) is 60.7 Å². The van der Waals surface area contributed by atoms with Crippen molar-refractivity contribution in [2.75, 3.05) is 20.8 Å². The highest BCUT2D eigenvalue weighted by atomic mass is 16.6. The second-order valence-electron chi connectivity index (χ2n) is 11.2. The van der Waals surface area contributed by atoms with Crippen LogP contribution in [0.1, 0.15) is 60.3 Å². The second kappa shape index (κ2) is 13.5. The van der Waals surface area contributed by atoms with Crippen molar-refractivity contribution in [2.45, 2.75) is 24.2 Å². The predicted molar refractivity (Wildman–Crippen MR) is 175 cm³/mol. The van der Waals surface area contributed by atoms with E-state index < -0.39 is 59.9 Å². The molecule has 0 radical (unpaired) electrons. The minimum Gasteiger partial charge on any atom is -0.493 e. The Morgan fingerprint density at radius 3 is 1.92 bits per heavy atom. The molecule has 0 amide bonds. The molecule has 1 saturated heterocycles. The quantitative estimate of drug-likeness (QED) is 0.179. The standard InChI is InChI=1S/C36H30N2O11/c1-46-26-16-24-25(17-27(26)47-2)38(36(45)37-31(24)39)32-30(21-13-7-9-15-23(21)34(42)43)29(20-12-6-8-14-22(20)33(40)41)28(49-32)18-48-35(44)19-10-4-3-5-11-19/h3-17,28-30,32H,18H2,1-2H3,(H,40,41)(H,42,43)(H,37,39,45)/t28-,29+,30-,32+/m0/s1. The van der Waals surface area contributed by atoms with Crippen molar-refractivity contribution in [2.24, 2.45) is 0 Å². The van der Waals surface area contributed by atoms with Crippen LogP contribution in [0.3, 0.4) is 0 Å². The Labute approximate surface area is 277 Å². The number of rotatable bonds is 10. The number of carboxylic acid groups (broad SMARTS) is 2. The monoisotopic (exact) mass is 666 g/mol. The van der Waals surface area contributed by atoms with E-state index in [1.807, 2.05) is 0 Å². The van der Waals surface area contributed by atoms with E-state index in [9.17, 15) is 34.2 Å². The summed E-state index contributed by atoms with van der Waals surface area (Å²) in [7, 11) is 2.77. The maximum Gasteiger partial charge on any atom is 0.338 e. The molecule has 0 unspecified atom stereocenters. The van der Waals surface area contributed by atoms with Gasteiger partial charge in [-0.05, 0) is 41.5 Å². The Balaban J connectivity index is 1.62. The largest absolute Gasteiger partial charge is 0.493 e. The van der Waals surface area contributed by atoms with Crippen LogP contribution in [-0.2, 0) is 9.47 Å². The van der Waals surface area contributed by atoms with Gasteiger partial charge in [0.25, 0.3) is 5.56 Å². The van der Waals surface area contributed by atoms with Gasteiger partial charge >= 0.3 is 23.6 Å². The lowest BCUT2D eigenvalue weighted by Crippen LogP contribution is -2.35. The third-order valence-electron chi connectivity index (χ3n) is 8.60. The number of aromatic nitrogens is 2. The Kier molecular flexibility index (Phi) is 9.01. The maximum absolute atomic E-state index is 13.8. The molecule has 1 fully saturated rings. The van der Waals surface area contributed by atoms with Crippen LogP contribution in [0.4, 0.5) is 0 Å². The van der Waals surface area contributed by atoms with Crippen LogP contribution in [-0.4, -0.2) is 64.6 Å². The number of hydrogen-bond donors (Lipinski definition) is 3. The fourth-order valence-electron chi connectivity index (χ4n) is 6.48. The first-order chi connectivity index (χ1) is 23.6. The van der Waals surface area contributed by atoms with Gasteiger partial charge in [0, 0.05) is 17.9 Å². The normalized spacial score (nSPS) is 18.6. The number of methoxy groups -OCH3 is 2. The van der Waals surface area contributed by atoms with Gasteiger partial charge in [0.05, 0.1) is 41.8 Å². The molecule has 0 aliphatic carbocycles. The van der Waals surface area contributed by atoms with Gasteiger partial charge in [0.15, 0.2) is 11.5 Å². The predicted octanol–water partition coefficient (Wildman–Crippen LogP) is 4.43. The van der Waals surface area contributed by atoms with E-state index in [4.69, 9.17) is 18.9 Å². The Morgan fingerprint density at radius 1 is 0.776 bits per heavy atom. The lowest BCUT2D eigenvalue weighted by Gasteiger charge is -2.28. The molecule has 4 atom stereocenters. The summed E-state index contributed by atoms with van der Waals surface area (Å²) in [6.07, 6.45) is -2.48. The van der Waals surface area contributed by atoms with E-state index >= 15 is 0 Å². The molecule has 3 N–H and O–H groups in total. The summed E-state index contributed by atoms with van der Waals surface area (Å²) in [6.45, 7) is -0.401. The van der Waals surface area contributed by atoms with Crippen molar-refractivity contribution in [3.8, 4) is 11.5 Å². The summed E-state index contributed by atoms with van der Waals surface area (Å²) >= 11 is 0. The number of hydrogen-bond acceptors (Lipinski definition) is 9. The molecular formula is C36H30N2O11. The van der Waals surface area contributed by atoms with E-state index in [0.29, 0.717) is 0 Å². The Bertz CT molecular complexity index is 2190. The van der Waals surface area contributed by atoms with Crippen LogP contribution in [0.25, 0.3) is 10.9 Å². The highest BCUT2D eigenvalue weighted by Gasteiger charge is 2.50. The topological polar surface area (TPSA) is 183 Å². The van der Waals surface area contributed by atoms with E-state index in [2.05, 4.69) is 4.98 Å². The number of H-pyrrole nitrogens is 1. The van der Waals surface area contributed by atoms with Crippen molar-refractivity contribution in [1.82, 2.24) is 9.55 Å². The van der Waals surface area contributed by atoms with E-state index in [1.165, 1.54) is 44.6 Å². The first kappa shape index (κ1) is 32.7. The zero-order chi connectivity index (χ0) is 34.8. The molecule has 1 aromatic heterocycles. The van der Waals surface area contributed by atoms with Gasteiger partial charge in [-0.2, -0.15) is 0 Å². The second-order valence-corrected chi connectivity index (χ2v) is 11.2. The van der Waals surface area contributed by atoms with Crippen LogP contribution in [0.5, 0.6) is 11.5 Å². The molecule has 1 aliphatic heterocycles. The number of nitrogens with zero attached hydrogens (tertiary/aromatic N) is 1. The van der Waals surface area contributed by atoms with Gasteiger partial charge in [0.1, 0.15) is 18.9 Å². The summed E-state index contributed by atoms with van der Waals surface area (Å²) < 4.78 is 24.3. The smallest absolute Gasteiger partial charge is 0.338 e. The third kappa shape index (κ3) is 6.03. The number of esters is 1. The van der Waals surface area contributed by atoms with E-state index in [0.717, 1.165) is 4.57 Å². The van der Waals surface area contributed by atoms with Gasteiger partial charge in [-0.3, -0.25) is 14.3 Å². The Morgan fingerprint density at radius 2 is 1.33 bits per heavy atom. The zero-order valence-electron chi connectivity index (χ0n) is 26.2. The lowest BCUT2D eigenvalue weighted by molar-refractivity contribution is -0.0375. The molecule has 6 rings (SSSR count). The van der Waals surface area contributed by atoms with Gasteiger partial charge in [-0.1, -0.05) is 54.6 Å². The average Bonchev–Trinajstić information content (AvgIpc) is 3.48. The van der Waals surface area contributed by atoms with Crippen LogP contribution >= 0.6 is 0 Å². The van der Waals surface area contributed by atoms with Gasteiger partial charge in [-0.25, -0.2) is 19.2 Å². The van der Waals surface area contributed by atoms with Gasteiger partial charge in [-0.15, -0.1) is 0 Å². The van der Waals surface area contributed by atoms with Crippen LogP contribution < -0.4 is 20.7 Å². The van der Waals surface area contributed by atoms with Gasteiger partial charge in [0.2, 0.25) is 0 Å². The molecule has 49 heavy (non-hydrogen) atoms. The van der Waals surface area contributed by atoms with Crippen molar-refractivity contribution in [3.05, 3.63) is 140 Å². The summed E-state index contributed by atoms with van der Waals surface area (Å²) in [5.74, 6) is -4.87. The first-order valence-corrected chi connectivity index (χ1v) is 15.1. The minimum absolute atomic E-state index is 0.0348. The van der Waals surface area contributed by atoms with Crippen molar-refractivity contribution in [1.29, 1.82) is 0 Å². The number of aromatic carboxylic acids is 2. The number of fused-ring (bicyclic) bond motifs is 1. The van der Waals surface area contributed by atoms with E-state index in [-0.39, 0.29) is 50.2 Å². The number of nitrogens with one attached hydrogen (secondary N) is 1. The highest BCUT2D eigenvalue weighted by Crippen LogP contribution is 2.53. The molecule has 0 bridgehead atoms. The molecule has 0 spiro atoms. The maximum atomic E-state index is 13.8. The average molecular weight is 667 g/mol. The number of ether oxygens (including phenoxy) is 4. The number of carbonyl (C=O) groups is 3. The highest BCUT2D eigenvalue weighted by molar-refractivity contribution is 5.91. The molecule has 5 aromatic rings. The van der Waals surface area contributed by atoms with Crippen molar-refractivity contribution in [3.63, 3.8) is 0 Å². The number of carboxylic acids is 2. The third-order valence-corrected chi connectivity index (χ3v) is 8.60. The summed E-state index contributed by atoms with van der Waals surface area (Å²) in [4.78, 5) is 67.5. The first-order valence-electron chi connectivity index (χ1n) is 15.1. The lowest BCUT2D eigenvalue weighted by atomic mass is 9.76. The molecule has 250 valence electrons. The minimum atomic E-state index is -1.36. The fourth-order valence-corrected chi connectivity index (χ4v) is 6.48. The van der Waals surface area contributed by atoms with Crippen molar-refractivity contribution < 1.29 is 43.5 Å². The summed E-state index contributed by atoms with van der Waals surface area (Å²) in [5, 5.41) is 20.6. The fraction of sp³-hybridized carbons (Fsp3) is 0.194. The molecule has 13 heteroatoms. The van der Waals surface area contributed by atoms with Crippen LogP contribution in [0.2, 0.25) is 0 Å². The molecule has 13 nitrogen and oxygen atoms in total. The van der Waals surface area contributed by atoms with Gasteiger partial charge < -0.3 is 29.2 Å². The SMILES string of the molecule is COc1cc2c(=O)[nH]c(=O)n([C@@H]3O[C@@H](COC(=O)c4ccccc4)[C@@H](c4ccccc4C(=O)O)[C@@H]3c3ccccc3C(=O)O)c2cc1OC. The zero-order valence-corrected chi connectivity index (χ0v) is 26.2.